The molecular weight excluding hydrogens is 362 g/mol. The van der Waals surface area contributed by atoms with Crippen LogP contribution in [0.1, 0.15) is 36.7 Å². The van der Waals surface area contributed by atoms with Gasteiger partial charge in [-0.3, -0.25) is 10.1 Å². The highest BCUT2D eigenvalue weighted by atomic mass is 32.2. The maximum atomic E-state index is 12.2. The summed E-state index contributed by atoms with van der Waals surface area (Å²) in [7, 11) is -3.73. The van der Waals surface area contributed by atoms with Gasteiger partial charge in [0.05, 0.1) is 10.5 Å². The van der Waals surface area contributed by atoms with E-state index in [0.29, 0.717) is 5.56 Å². The van der Waals surface area contributed by atoms with Gasteiger partial charge in [-0.25, -0.2) is 22.7 Å². The number of rotatable bonds is 7. The first-order valence-electron chi connectivity index (χ1n) is 7.94. The molecule has 0 aliphatic carbocycles. The molecule has 0 spiro atoms. The zero-order valence-corrected chi connectivity index (χ0v) is 15.9. The van der Waals surface area contributed by atoms with Gasteiger partial charge in [0.2, 0.25) is 10.0 Å². The van der Waals surface area contributed by atoms with Gasteiger partial charge in [-0.15, -0.1) is 0 Å². The molecule has 3 amide bonds. The number of hydrogen-bond donors (Lipinski definition) is 3. The molecule has 0 bridgehead atoms. The van der Waals surface area contributed by atoms with Crippen LogP contribution < -0.4 is 15.4 Å². The number of carbonyl (C=O) groups excluding carboxylic acids is 3. The van der Waals surface area contributed by atoms with Crippen LogP contribution in [0.15, 0.2) is 23.1 Å². The molecular formula is C16H23N3O6S. The zero-order chi connectivity index (χ0) is 19.9. The lowest BCUT2D eigenvalue weighted by Gasteiger charge is -2.11. The van der Waals surface area contributed by atoms with Crippen LogP contribution >= 0.6 is 0 Å². The Kier molecular flexibility index (Phi) is 7.72. The smallest absolute Gasteiger partial charge is 0.338 e. The van der Waals surface area contributed by atoms with Crippen LogP contribution in [0.3, 0.4) is 0 Å². The summed E-state index contributed by atoms with van der Waals surface area (Å²) in [6.45, 7) is 6.22. The van der Waals surface area contributed by atoms with E-state index in [4.69, 9.17) is 4.74 Å². The van der Waals surface area contributed by atoms with E-state index in [9.17, 15) is 22.8 Å². The molecule has 26 heavy (non-hydrogen) atoms. The number of ether oxygens (including phenoxy) is 1. The molecule has 0 saturated heterocycles. The number of nitrogens with one attached hydrogen (secondary N) is 3. The van der Waals surface area contributed by atoms with Crippen LogP contribution in [-0.2, 0) is 19.6 Å². The minimum atomic E-state index is -3.73. The molecule has 144 valence electrons. The molecule has 0 atom stereocenters. The standard InChI is InChI=1S/C16H23N3O6S/c1-5-17-26(23,24)12-7-6-11(4)13(8-12)15(21)25-9-14(20)19-16(22)18-10(2)3/h6-8,10,17H,5,9H2,1-4H3,(H2,18,19,20,22). The van der Waals surface area contributed by atoms with Gasteiger partial charge in [-0.05, 0) is 38.5 Å². The number of imide groups is 1. The maximum absolute atomic E-state index is 12.2. The van der Waals surface area contributed by atoms with Crippen molar-refractivity contribution in [2.24, 2.45) is 0 Å². The summed E-state index contributed by atoms with van der Waals surface area (Å²) in [5.74, 6) is -1.67. The number of carbonyl (C=O) groups is 3. The van der Waals surface area contributed by atoms with Gasteiger partial charge in [-0.2, -0.15) is 0 Å². The highest BCUT2D eigenvalue weighted by Gasteiger charge is 2.19. The molecule has 1 aromatic carbocycles. The highest BCUT2D eigenvalue weighted by Crippen LogP contribution is 2.16. The second-order valence-corrected chi connectivity index (χ2v) is 7.50. The Bertz CT molecular complexity index is 789. The molecule has 1 aromatic rings. The molecule has 9 nitrogen and oxygen atoms in total. The van der Waals surface area contributed by atoms with Gasteiger partial charge in [0, 0.05) is 12.6 Å². The van der Waals surface area contributed by atoms with Crippen molar-refractivity contribution in [3.05, 3.63) is 29.3 Å². The molecule has 0 aromatic heterocycles. The third kappa shape index (κ3) is 6.45. The van der Waals surface area contributed by atoms with Crippen LogP contribution in [0.5, 0.6) is 0 Å². The van der Waals surface area contributed by atoms with E-state index in [-0.39, 0.29) is 23.0 Å². The number of amides is 3. The third-order valence-corrected chi connectivity index (χ3v) is 4.62. The third-order valence-electron chi connectivity index (χ3n) is 3.08. The molecule has 0 aliphatic heterocycles. The fraction of sp³-hybridized carbons (Fsp3) is 0.438. The van der Waals surface area contributed by atoms with Crippen molar-refractivity contribution in [3.63, 3.8) is 0 Å². The van der Waals surface area contributed by atoms with Gasteiger partial charge in [0.1, 0.15) is 0 Å². The topological polar surface area (TPSA) is 131 Å². The summed E-state index contributed by atoms with van der Waals surface area (Å²) in [6, 6.07) is 3.16. The van der Waals surface area contributed by atoms with Gasteiger partial charge in [0.15, 0.2) is 6.61 Å². The quantitative estimate of drug-likeness (QED) is 0.592. The van der Waals surface area contributed by atoms with Crippen LogP contribution in [0.2, 0.25) is 0 Å². The molecule has 0 unspecified atom stereocenters. The Balaban J connectivity index is 2.78. The fourth-order valence-corrected chi connectivity index (χ4v) is 3.00. The fourth-order valence-electron chi connectivity index (χ4n) is 1.93. The molecule has 0 saturated carbocycles. The van der Waals surface area contributed by atoms with Crippen molar-refractivity contribution in [2.75, 3.05) is 13.2 Å². The summed E-state index contributed by atoms with van der Waals surface area (Å²) < 4.78 is 31.2. The van der Waals surface area contributed by atoms with E-state index in [1.807, 2.05) is 5.32 Å². The molecule has 10 heteroatoms. The Morgan fingerprint density at radius 2 is 1.85 bits per heavy atom. The molecule has 1 rings (SSSR count). The first-order chi connectivity index (χ1) is 12.1. The van der Waals surface area contributed by atoms with Gasteiger partial charge >= 0.3 is 12.0 Å². The van der Waals surface area contributed by atoms with E-state index in [2.05, 4.69) is 10.0 Å². The first-order valence-corrected chi connectivity index (χ1v) is 9.43. The molecule has 0 aliphatic rings. The lowest BCUT2D eigenvalue weighted by molar-refractivity contribution is -0.123. The largest absolute Gasteiger partial charge is 0.452 e. The number of aryl methyl sites for hydroxylation is 1. The van der Waals surface area contributed by atoms with Crippen molar-refractivity contribution in [3.8, 4) is 0 Å². The average Bonchev–Trinajstić information content (AvgIpc) is 2.51. The van der Waals surface area contributed by atoms with E-state index in [0.717, 1.165) is 0 Å². The maximum Gasteiger partial charge on any atom is 0.338 e. The second kappa shape index (κ2) is 9.30. The second-order valence-electron chi connectivity index (χ2n) is 5.73. The Morgan fingerprint density at radius 1 is 1.19 bits per heavy atom. The zero-order valence-electron chi connectivity index (χ0n) is 15.1. The van der Waals surface area contributed by atoms with Crippen molar-refractivity contribution >= 4 is 27.9 Å². The van der Waals surface area contributed by atoms with Crippen molar-refractivity contribution in [1.82, 2.24) is 15.4 Å². The van der Waals surface area contributed by atoms with Crippen molar-refractivity contribution < 1.29 is 27.5 Å². The summed E-state index contributed by atoms with van der Waals surface area (Å²) in [5.41, 5.74) is 0.506. The molecule has 0 heterocycles. The Hall–Kier alpha value is -2.46. The first kappa shape index (κ1) is 21.6. The number of esters is 1. The minimum Gasteiger partial charge on any atom is -0.452 e. The summed E-state index contributed by atoms with van der Waals surface area (Å²) in [5, 5.41) is 4.47. The lowest BCUT2D eigenvalue weighted by atomic mass is 10.1. The number of benzene rings is 1. The monoisotopic (exact) mass is 385 g/mol. The average molecular weight is 385 g/mol. The lowest BCUT2D eigenvalue weighted by Crippen LogP contribution is -2.44. The van der Waals surface area contributed by atoms with Crippen molar-refractivity contribution in [1.29, 1.82) is 0 Å². The van der Waals surface area contributed by atoms with E-state index in [1.165, 1.54) is 18.2 Å². The Labute approximate surface area is 152 Å². The van der Waals surface area contributed by atoms with Crippen LogP contribution in [0.4, 0.5) is 4.79 Å². The van der Waals surface area contributed by atoms with E-state index < -0.39 is 34.5 Å². The Morgan fingerprint density at radius 3 is 2.42 bits per heavy atom. The number of hydrogen-bond acceptors (Lipinski definition) is 6. The van der Waals surface area contributed by atoms with E-state index in [1.54, 1.807) is 27.7 Å². The van der Waals surface area contributed by atoms with Crippen molar-refractivity contribution in [2.45, 2.75) is 38.6 Å². The summed E-state index contributed by atoms with van der Waals surface area (Å²) in [4.78, 5) is 35.1. The van der Waals surface area contributed by atoms with Gasteiger partial charge < -0.3 is 10.1 Å². The number of urea groups is 1. The van der Waals surface area contributed by atoms with E-state index >= 15 is 0 Å². The summed E-state index contributed by atoms with van der Waals surface area (Å²) in [6.07, 6.45) is 0. The SMILES string of the molecule is CCNS(=O)(=O)c1ccc(C)c(C(=O)OCC(=O)NC(=O)NC(C)C)c1. The predicted octanol–water partition coefficient (Wildman–Crippen LogP) is 0.684. The normalized spacial score (nSPS) is 11.1. The van der Waals surface area contributed by atoms with Crippen LogP contribution in [0.25, 0.3) is 0 Å². The molecule has 0 radical (unpaired) electrons. The molecule has 0 fully saturated rings. The highest BCUT2D eigenvalue weighted by molar-refractivity contribution is 7.89. The van der Waals surface area contributed by atoms with Crippen LogP contribution in [-0.4, -0.2) is 45.5 Å². The number of sulfonamides is 1. The summed E-state index contributed by atoms with van der Waals surface area (Å²) >= 11 is 0. The van der Waals surface area contributed by atoms with Crippen LogP contribution in [0, 0.1) is 6.92 Å². The minimum absolute atomic E-state index is 0.0170. The molecule has 3 N–H and O–H groups in total. The van der Waals surface area contributed by atoms with Gasteiger partial charge in [0.25, 0.3) is 5.91 Å². The van der Waals surface area contributed by atoms with Gasteiger partial charge in [-0.1, -0.05) is 13.0 Å². The predicted molar refractivity (Wildman–Crippen MR) is 94.1 cm³/mol.